The molecule has 2 saturated heterocycles. The van der Waals surface area contributed by atoms with E-state index < -0.39 is 22.6 Å². The van der Waals surface area contributed by atoms with Crippen LogP contribution in [0.1, 0.15) is 62.6 Å². The summed E-state index contributed by atoms with van der Waals surface area (Å²) in [5, 5.41) is 17.7. The van der Waals surface area contributed by atoms with E-state index in [4.69, 9.17) is 0 Å². The Kier molecular flexibility index (Phi) is 4.36. The molecule has 6 heteroatoms. The van der Waals surface area contributed by atoms with Gasteiger partial charge in [-0.3, -0.25) is 15.0 Å². The van der Waals surface area contributed by atoms with Crippen molar-refractivity contribution in [1.29, 1.82) is 0 Å². The van der Waals surface area contributed by atoms with Crippen LogP contribution in [0.5, 0.6) is 0 Å². The molecule has 162 valence electrons. The first kappa shape index (κ1) is 20.0. The molecule has 1 spiro atoms. The Labute approximate surface area is 178 Å². The molecule has 3 amide bonds. The highest BCUT2D eigenvalue weighted by atomic mass is 16.3. The maximum absolute atomic E-state index is 12.8. The van der Waals surface area contributed by atoms with Gasteiger partial charge in [0.15, 0.2) is 0 Å². The number of aryl methyl sites for hydroxylation is 1. The van der Waals surface area contributed by atoms with Crippen molar-refractivity contribution >= 4 is 11.9 Å². The molecule has 1 aromatic rings. The van der Waals surface area contributed by atoms with Crippen LogP contribution in [0.3, 0.4) is 0 Å². The summed E-state index contributed by atoms with van der Waals surface area (Å²) in [5.41, 5.74) is 1.34. The van der Waals surface area contributed by atoms with Crippen LogP contribution in [0.25, 0.3) is 0 Å². The Morgan fingerprint density at radius 3 is 2.73 bits per heavy atom. The van der Waals surface area contributed by atoms with Crippen LogP contribution >= 0.6 is 0 Å². The van der Waals surface area contributed by atoms with E-state index in [0.29, 0.717) is 25.2 Å². The van der Waals surface area contributed by atoms with Crippen LogP contribution in [0.4, 0.5) is 4.79 Å². The molecule has 3 fully saturated rings. The van der Waals surface area contributed by atoms with Crippen molar-refractivity contribution in [2.24, 2.45) is 5.92 Å². The molecule has 1 saturated carbocycles. The van der Waals surface area contributed by atoms with Crippen molar-refractivity contribution in [3.05, 3.63) is 34.9 Å². The third-order valence-electron chi connectivity index (χ3n) is 8.39. The third kappa shape index (κ3) is 2.62. The number of nitrogens with zero attached hydrogens (tertiary/aromatic N) is 1. The van der Waals surface area contributed by atoms with Gasteiger partial charge in [-0.25, -0.2) is 4.79 Å². The number of rotatable bonds is 3. The fourth-order valence-electron chi connectivity index (χ4n) is 6.79. The number of nitrogens with one attached hydrogen (secondary N) is 2. The van der Waals surface area contributed by atoms with Crippen molar-refractivity contribution < 1.29 is 14.7 Å². The second-order valence-electron chi connectivity index (χ2n) is 10.5. The van der Waals surface area contributed by atoms with Gasteiger partial charge in [-0.1, -0.05) is 37.6 Å². The standard InChI is InChI=1S/C24H33N3O3/c1-15(2)6-10-27-11-9-22-14-23(20(28)25-21(29)26-23)7-8-24(22,30)19(27)13-17-5-4-16(3)12-18(17)22/h4-5,12,15,19,30H,6-11,13-14H2,1-3H3,(H2,25,26,28,29)/t19-,22-,23+,24-/m1/s1. The average molecular weight is 412 g/mol. The van der Waals surface area contributed by atoms with Gasteiger partial charge in [0.25, 0.3) is 5.91 Å². The zero-order chi connectivity index (χ0) is 21.3. The second kappa shape index (κ2) is 6.54. The summed E-state index contributed by atoms with van der Waals surface area (Å²) in [5.74, 6) is 0.388. The van der Waals surface area contributed by atoms with Crippen molar-refractivity contribution in [2.45, 2.75) is 81.9 Å². The molecule has 6 nitrogen and oxygen atoms in total. The number of carbonyl (C=O) groups excluding carboxylic acids is 2. The van der Waals surface area contributed by atoms with Gasteiger partial charge in [-0.05, 0) is 75.6 Å². The lowest BCUT2D eigenvalue weighted by Gasteiger charge is -2.66. The Hall–Kier alpha value is -1.92. The highest BCUT2D eigenvalue weighted by Crippen LogP contribution is 2.60. The number of amides is 3. The molecule has 2 aliphatic carbocycles. The Morgan fingerprint density at radius 1 is 1.23 bits per heavy atom. The van der Waals surface area contributed by atoms with Gasteiger partial charge in [-0.2, -0.15) is 0 Å². The number of urea groups is 1. The number of piperidine rings is 1. The van der Waals surface area contributed by atoms with Gasteiger partial charge < -0.3 is 10.4 Å². The molecule has 1 aromatic carbocycles. The molecule has 2 bridgehead atoms. The maximum atomic E-state index is 12.8. The molecule has 0 radical (unpaired) electrons. The number of carbonyl (C=O) groups is 2. The molecule has 2 aliphatic heterocycles. The quantitative estimate of drug-likeness (QED) is 0.667. The molecule has 30 heavy (non-hydrogen) atoms. The first-order valence-electron chi connectivity index (χ1n) is 11.4. The molecule has 2 heterocycles. The van der Waals surface area contributed by atoms with E-state index in [1.165, 1.54) is 16.7 Å². The maximum Gasteiger partial charge on any atom is 0.322 e. The van der Waals surface area contributed by atoms with Gasteiger partial charge in [0.2, 0.25) is 0 Å². The van der Waals surface area contributed by atoms with Crippen LogP contribution in [0, 0.1) is 12.8 Å². The van der Waals surface area contributed by atoms with E-state index in [9.17, 15) is 14.7 Å². The Balaban J connectivity index is 1.62. The summed E-state index contributed by atoms with van der Waals surface area (Å²) in [6, 6.07) is 6.22. The highest BCUT2D eigenvalue weighted by Gasteiger charge is 2.69. The molecule has 4 aliphatic rings. The molecule has 3 N–H and O–H groups in total. The number of hydrogen-bond donors (Lipinski definition) is 3. The van der Waals surface area contributed by atoms with Gasteiger partial charge in [-0.15, -0.1) is 0 Å². The number of hydrogen-bond acceptors (Lipinski definition) is 4. The summed E-state index contributed by atoms with van der Waals surface area (Å²) in [6.45, 7) is 8.48. The van der Waals surface area contributed by atoms with Gasteiger partial charge in [0.05, 0.1) is 5.60 Å². The van der Waals surface area contributed by atoms with Crippen molar-refractivity contribution in [2.75, 3.05) is 13.1 Å². The first-order valence-corrected chi connectivity index (χ1v) is 11.4. The van der Waals surface area contributed by atoms with Gasteiger partial charge in [0.1, 0.15) is 5.54 Å². The van der Waals surface area contributed by atoms with Crippen LogP contribution in [0.15, 0.2) is 18.2 Å². The Morgan fingerprint density at radius 2 is 2.03 bits per heavy atom. The normalized spacial score (nSPS) is 37.7. The van der Waals surface area contributed by atoms with Gasteiger partial charge in [0, 0.05) is 11.5 Å². The molecule has 4 atom stereocenters. The molecule has 5 rings (SSSR count). The fraction of sp³-hybridized carbons (Fsp3) is 0.667. The lowest BCUT2D eigenvalue weighted by molar-refractivity contribution is -0.180. The minimum Gasteiger partial charge on any atom is -0.387 e. The summed E-state index contributed by atoms with van der Waals surface area (Å²) >= 11 is 0. The average Bonchev–Trinajstić information content (AvgIpc) is 2.95. The zero-order valence-electron chi connectivity index (χ0n) is 18.3. The number of likely N-dealkylation sites (tertiary alicyclic amines) is 1. The number of aliphatic hydroxyl groups is 1. The Bertz CT molecular complexity index is 915. The lowest BCUT2D eigenvalue weighted by Crippen LogP contribution is -2.76. The summed E-state index contributed by atoms with van der Waals surface area (Å²) in [4.78, 5) is 27.3. The van der Waals surface area contributed by atoms with E-state index in [1.807, 2.05) is 0 Å². The second-order valence-corrected chi connectivity index (χ2v) is 10.5. The van der Waals surface area contributed by atoms with Gasteiger partial charge >= 0.3 is 6.03 Å². The SMILES string of the molecule is Cc1ccc2c(c1)[C@]13CCN(CCC(C)C)[C@H](C2)[C@]1(O)CC[C@@]1(C3)NC(=O)NC1=O. The van der Waals surface area contributed by atoms with Crippen LogP contribution < -0.4 is 10.6 Å². The minimum atomic E-state index is -0.910. The topological polar surface area (TPSA) is 81.7 Å². The smallest absolute Gasteiger partial charge is 0.322 e. The van der Waals surface area contributed by atoms with Crippen LogP contribution in [-0.4, -0.2) is 52.2 Å². The highest BCUT2D eigenvalue weighted by molar-refractivity contribution is 6.07. The van der Waals surface area contributed by atoms with Crippen molar-refractivity contribution in [1.82, 2.24) is 15.5 Å². The van der Waals surface area contributed by atoms with Crippen molar-refractivity contribution in [3.63, 3.8) is 0 Å². The van der Waals surface area contributed by atoms with E-state index in [0.717, 1.165) is 32.4 Å². The number of imide groups is 1. The molecule has 0 unspecified atom stereocenters. The summed E-state index contributed by atoms with van der Waals surface area (Å²) in [7, 11) is 0. The number of fused-ring (bicyclic) bond motifs is 1. The van der Waals surface area contributed by atoms with Crippen LogP contribution in [-0.2, 0) is 16.6 Å². The molecular weight excluding hydrogens is 378 g/mol. The van der Waals surface area contributed by atoms with E-state index >= 15 is 0 Å². The predicted molar refractivity (Wildman–Crippen MR) is 114 cm³/mol. The monoisotopic (exact) mass is 411 g/mol. The van der Waals surface area contributed by atoms with E-state index in [1.54, 1.807) is 0 Å². The minimum absolute atomic E-state index is 0.0534. The zero-order valence-corrected chi connectivity index (χ0v) is 18.3. The summed E-state index contributed by atoms with van der Waals surface area (Å²) < 4.78 is 0. The van der Waals surface area contributed by atoms with E-state index in [-0.39, 0.29) is 11.9 Å². The molecule has 0 aromatic heterocycles. The predicted octanol–water partition coefficient (Wildman–Crippen LogP) is 2.40. The molecular formula is C24H33N3O3. The fourth-order valence-corrected chi connectivity index (χ4v) is 6.79. The summed E-state index contributed by atoms with van der Waals surface area (Å²) in [6.07, 6.45) is 4.24. The van der Waals surface area contributed by atoms with Crippen molar-refractivity contribution in [3.8, 4) is 0 Å². The number of benzene rings is 1. The third-order valence-corrected chi connectivity index (χ3v) is 8.39. The lowest BCUT2D eigenvalue weighted by atomic mass is 9.46. The largest absolute Gasteiger partial charge is 0.387 e. The van der Waals surface area contributed by atoms with Crippen LogP contribution in [0.2, 0.25) is 0 Å². The first-order chi connectivity index (χ1) is 14.2. The van der Waals surface area contributed by atoms with E-state index in [2.05, 4.69) is 54.5 Å².